The number of fused-ring (bicyclic) bond motifs is 1. The molecular weight excluding hydrogens is 536 g/mol. The largest absolute Gasteiger partial charge is 0.281 e. The second-order valence-corrected chi connectivity index (χ2v) is 13.7. The predicted molar refractivity (Wildman–Crippen MR) is 145 cm³/mol. The number of carbonyl (C=O) groups is 1. The Bertz CT molecular complexity index is 1520. The molecule has 5 rings (SSSR count). The Labute approximate surface area is 223 Å². The van der Waals surface area contributed by atoms with Crippen LogP contribution in [0.25, 0.3) is 10.2 Å². The molecule has 1 aliphatic rings. The number of rotatable bonds is 6. The van der Waals surface area contributed by atoms with E-state index in [1.165, 1.54) is 21.7 Å². The van der Waals surface area contributed by atoms with E-state index in [9.17, 15) is 13.2 Å². The topological polar surface area (TPSA) is 83.5 Å². The molecule has 1 aliphatic heterocycles. The first-order chi connectivity index (χ1) is 17.2. The summed E-state index contributed by atoms with van der Waals surface area (Å²) in [5.41, 5.74) is 3.72. The number of hydrogen-bond acceptors (Lipinski definition) is 7. The highest BCUT2D eigenvalue weighted by atomic mass is 35.5. The molecule has 0 aliphatic carbocycles. The molecule has 36 heavy (non-hydrogen) atoms. The van der Waals surface area contributed by atoms with Gasteiger partial charge < -0.3 is 0 Å². The van der Waals surface area contributed by atoms with Crippen molar-refractivity contribution in [3.63, 3.8) is 0 Å². The van der Waals surface area contributed by atoms with Crippen molar-refractivity contribution in [2.24, 2.45) is 0 Å². The van der Waals surface area contributed by atoms with Gasteiger partial charge in [0.1, 0.15) is 10.3 Å². The average Bonchev–Trinajstić information content (AvgIpc) is 3.50. The van der Waals surface area contributed by atoms with Gasteiger partial charge in [-0.3, -0.25) is 14.7 Å². The van der Waals surface area contributed by atoms with Crippen LogP contribution < -0.4 is 4.90 Å². The number of amides is 1. The van der Waals surface area contributed by atoms with Crippen LogP contribution in [0.15, 0.2) is 52.9 Å². The van der Waals surface area contributed by atoms with Gasteiger partial charge in [0.2, 0.25) is 5.91 Å². The number of thiazole rings is 1. The number of aromatic nitrogens is 2. The van der Waals surface area contributed by atoms with Crippen molar-refractivity contribution in [3.05, 3.63) is 69.8 Å². The molecule has 1 atom stereocenters. The first-order valence-electron chi connectivity index (χ1n) is 11.6. The van der Waals surface area contributed by atoms with Crippen molar-refractivity contribution in [3.8, 4) is 0 Å². The maximum atomic E-state index is 14.2. The summed E-state index contributed by atoms with van der Waals surface area (Å²) < 4.78 is 30.0. The number of carbonyl (C=O) groups excluding carboxylic acids is 1. The number of benzene rings is 1. The van der Waals surface area contributed by atoms with Crippen LogP contribution >= 0.6 is 34.3 Å². The number of aryl methyl sites for hydroxylation is 2. The number of sulfonamides is 1. The molecule has 4 aromatic rings. The van der Waals surface area contributed by atoms with Crippen LogP contribution in [0.3, 0.4) is 0 Å². The molecule has 4 heterocycles. The summed E-state index contributed by atoms with van der Waals surface area (Å²) in [6, 6.07) is 11.9. The second-order valence-electron chi connectivity index (χ2n) is 8.86. The van der Waals surface area contributed by atoms with Crippen LogP contribution in [0, 0.1) is 13.8 Å². The Balaban J connectivity index is 1.56. The van der Waals surface area contributed by atoms with E-state index < -0.39 is 16.1 Å². The average molecular weight is 561 g/mol. The maximum Gasteiger partial charge on any atom is 0.253 e. The maximum absolute atomic E-state index is 14.2. The van der Waals surface area contributed by atoms with E-state index in [2.05, 4.69) is 11.1 Å². The lowest BCUT2D eigenvalue weighted by Gasteiger charge is -2.35. The Kier molecular flexibility index (Phi) is 7.15. The van der Waals surface area contributed by atoms with Gasteiger partial charge in [0.05, 0.1) is 26.8 Å². The molecule has 0 bridgehead atoms. The first kappa shape index (κ1) is 25.3. The van der Waals surface area contributed by atoms with Gasteiger partial charge >= 0.3 is 0 Å². The van der Waals surface area contributed by atoms with Gasteiger partial charge in [-0.05, 0) is 68.1 Å². The zero-order valence-corrected chi connectivity index (χ0v) is 23.1. The zero-order chi connectivity index (χ0) is 25.4. The number of halogens is 1. The minimum absolute atomic E-state index is 0.148. The van der Waals surface area contributed by atoms with E-state index in [4.69, 9.17) is 16.6 Å². The zero-order valence-electron chi connectivity index (χ0n) is 19.8. The lowest BCUT2D eigenvalue weighted by atomic mass is 10.0. The van der Waals surface area contributed by atoms with Crippen LogP contribution in [0.4, 0.5) is 5.13 Å². The highest BCUT2D eigenvalue weighted by Crippen LogP contribution is 2.36. The summed E-state index contributed by atoms with van der Waals surface area (Å²) in [7, 11) is -3.87. The molecule has 7 nitrogen and oxygen atoms in total. The fraction of sp³-hybridized carbons (Fsp3) is 0.320. The molecule has 1 saturated heterocycles. The third kappa shape index (κ3) is 4.92. The number of piperidine rings is 1. The Hall–Kier alpha value is -2.37. The van der Waals surface area contributed by atoms with Gasteiger partial charge in [-0.15, -0.1) is 11.3 Å². The van der Waals surface area contributed by atoms with Gasteiger partial charge in [-0.25, -0.2) is 13.4 Å². The van der Waals surface area contributed by atoms with Crippen LogP contribution in [-0.4, -0.2) is 41.2 Å². The number of thiophene rings is 1. The van der Waals surface area contributed by atoms with Crippen molar-refractivity contribution in [1.29, 1.82) is 0 Å². The molecule has 11 heteroatoms. The highest BCUT2D eigenvalue weighted by Gasteiger charge is 2.41. The number of anilines is 1. The lowest BCUT2D eigenvalue weighted by molar-refractivity contribution is -0.123. The molecule has 3 aromatic heterocycles. The molecule has 0 spiro atoms. The van der Waals surface area contributed by atoms with E-state index in [0.717, 1.165) is 39.1 Å². The van der Waals surface area contributed by atoms with Crippen LogP contribution in [0.2, 0.25) is 4.34 Å². The molecule has 0 N–H and O–H groups in total. The first-order valence-corrected chi connectivity index (χ1v) is 15.1. The van der Waals surface area contributed by atoms with Crippen LogP contribution in [0.5, 0.6) is 0 Å². The molecule has 188 valence electrons. The molecule has 1 amide bonds. The predicted octanol–water partition coefficient (Wildman–Crippen LogP) is 5.80. The van der Waals surface area contributed by atoms with Crippen LogP contribution in [0.1, 0.15) is 36.1 Å². The summed E-state index contributed by atoms with van der Waals surface area (Å²) >= 11 is 8.48. The van der Waals surface area contributed by atoms with E-state index in [1.807, 2.05) is 38.1 Å². The molecule has 1 fully saturated rings. The second kappa shape index (κ2) is 10.2. The van der Waals surface area contributed by atoms with Crippen molar-refractivity contribution in [2.75, 3.05) is 11.4 Å². The van der Waals surface area contributed by atoms with E-state index in [1.54, 1.807) is 17.2 Å². The summed E-state index contributed by atoms with van der Waals surface area (Å²) in [6.07, 6.45) is 3.59. The normalized spacial score (nSPS) is 16.9. The molecular formula is C25H25ClN4O3S3. The third-order valence-electron chi connectivity index (χ3n) is 6.20. The van der Waals surface area contributed by atoms with E-state index >= 15 is 0 Å². The Morgan fingerprint density at radius 2 is 2.00 bits per heavy atom. The van der Waals surface area contributed by atoms with Crippen LogP contribution in [-0.2, 0) is 21.4 Å². The fourth-order valence-electron chi connectivity index (χ4n) is 4.55. The van der Waals surface area contributed by atoms with Crippen molar-refractivity contribution >= 4 is 65.6 Å². The SMILES string of the molecule is Cc1cc(C)c2sc(N(Cc3ccccn3)C(=O)C3CCCCN3S(=O)(=O)c3ccc(Cl)s3)nc2c1. The van der Waals surface area contributed by atoms with Gasteiger partial charge in [-0.2, -0.15) is 4.31 Å². The smallest absolute Gasteiger partial charge is 0.253 e. The minimum Gasteiger partial charge on any atom is -0.281 e. The number of pyridine rings is 1. The molecule has 0 radical (unpaired) electrons. The Morgan fingerprint density at radius 1 is 1.17 bits per heavy atom. The van der Waals surface area contributed by atoms with Crippen molar-refractivity contribution in [2.45, 2.75) is 49.9 Å². The lowest BCUT2D eigenvalue weighted by Crippen LogP contribution is -2.52. The number of hydrogen-bond donors (Lipinski definition) is 0. The summed E-state index contributed by atoms with van der Waals surface area (Å²) in [4.78, 5) is 25.0. The minimum atomic E-state index is -3.87. The van der Waals surface area contributed by atoms with E-state index in [-0.39, 0.29) is 23.2 Å². The molecule has 1 aromatic carbocycles. The van der Waals surface area contributed by atoms with Gasteiger partial charge in [-0.1, -0.05) is 41.5 Å². The fourth-order valence-corrected chi connectivity index (χ4v) is 8.83. The van der Waals surface area contributed by atoms with Crippen molar-refractivity contribution < 1.29 is 13.2 Å². The molecule has 0 saturated carbocycles. The third-order valence-corrected chi connectivity index (χ3v) is 11.0. The quantitative estimate of drug-likeness (QED) is 0.297. The monoisotopic (exact) mass is 560 g/mol. The van der Waals surface area contributed by atoms with Gasteiger partial charge in [0.25, 0.3) is 10.0 Å². The van der Waals surface area contributed by atoms with Crippen molar-refractivity contribution in [1.82, 2.24) is 14.3 Å². The molecule has 1 unspecified atom stereocenters. The van der Waals surface area contributed by atoms with Gasteiger partial charge in [0.15, 0.2) is 5.13 Å². The van der Waals surface area contributed by atoms with E-state index in [0.29, 0.717) is 28.0 Å². The standard InChI is InChI=1S/C25H25ClN4O3S3/c1-16-13-17(2)23-19(14-16)28-25(35-23)29(15-18-7-3-5-11-27-18)24(31)20-8-4-6-12-30(20)36(32,33)22-10-9-21(26)34-22/h3,5,7,9-11,13-14,20H,4,6,8,12,15H2,1-2H3. The van der Waals surface area contributed by atoms with Gasteiger partial charge in [0, 0.05) is 12.7 Å². The summed E-state index contributed by atoms with van der Waals surface area (Å²) in [5, 5.41) is 0.538. The highest BCUT2D eigenvalue weighted by molar-refractivity contribution is 7.91. The summed E-state index contributed by atoms with van der Waals surface area (Å²) in [5.74, 6) is -0.292. The number of nitrogens with zero attached hydrogens (tertiary/aromatic N) is 4. The summed E-state index contributed by atoms with van der Waals surface area (Å²) in [6.45, 7) is 4.53. The Morgan fingerprint density at radius 3 is 2.72 bits per heavy atom.